The van der Waals surface area contributed by atoms with E-state index in [0.717, 1.165) is 11.3 Å². The molecule has 30 heavy (non-hydrogen) atoms. The summed E-state index contributed by atoms with van der Waals surface area (Å²) in [7, 11) is 3.55. The Morgan fingerprint density at radius 2 is 2.13 bits per heavy atom. The molecule has 156 valence electrons. The van der Waals surface area contributed by atoms with Gasteiger partial charge < -0.3 is 24.3 Å². The van der Waals surface area contributed by atoms with E-state index < -0.39 is 0 Å². The summed E-state index contributed by atoms with van der Waals surface area (Å²) < 4.78 is 10.6. The molecule has 1 N–H and O–H groups in total. The number of likely N-dealkylation sites (N-methyl/N-ethyl adjacent to an activating group) is 1. The largest absolute Gasteiger partial charge is 0.421 e. The molecule has 1 aliphatic heterocycles. The van der Waals surface area contributed by atoms with Crippen LogP contribution in [0.15, 0.2) is 34.9 Å². The fourth-order valence-corrected chi connectivity index (χ4v) is 3.23. The van der Waals surface area contributed by atoms with E-state index in [1.165, 1.54) is 0 Å². The maximum atomic E-state index is 13.3. The zero-order valence-electron chi connectivity index (χ0n) is 17.1. The first-order chi connectivity index (χ1) is 14.6. The third-order valence-electron chi connectivity index (χ3n) is 4.78. The van der Waals surface area contributed by atoms with Gasteiger partial charge in [0.2, 0.25) is 17.7 Å². The van der Waals surface area contributed by atoms with Crippen molar-refractivity contribution < 1.29 is 13.9 Å². The summed E-state index contributed by atoms with van der Waals surface area (Å²) in [6.07, 6.45) is 1.57. The molecule has 4 rings (SSSR count). The summed E-state index contributed by atoms with van der Waals surface area (Å²) in [5, 5.41) is 11.0. The molecule has 0 bridgehead atoms. The first-order valence-electron chi connectivity index (χ1n) is 9.60. The highest BCUT2D eigenvalue weighted by atomic mass is 16.5. The number of benzene rings is 1. The van der Waals surface area contributed by atoms with Crippen LogP contribution in [0.3, 0.4) is 0 Å². The zero-order chi connectivity index (χ0) is 21.1. The van der Waals surface area contributed by atoms with Gasteiger partial charge in [-0.2, -0.15) is 4.98 Å². The number of carbonyl (C=O) groups is 1. The van der Waals surface area contributed by atoms with E-state index >= 15 is 0 Å². The van der Waals surface area contributed by atoms with Crippen molar-refractivity contribution in [3.05, 3.63) is 41.9 Å². The summed E-state index contributed by atoms with van der Waals surface area (Å²) in [6, 6.07) is 7.50. The summed E-state index contributed by atoms with van der Waals surface area (Å²) >= 11 is 0. The minimum atomic E-state index is -0.156. The Balaban J connectivity index is 1.63. The number of amides is 1. The maximum absolute atomic E-state index is 13.3. The Morgan fingerprint density at radius 3 is 2.90 bits per heavy atom. The molecule has 10 heteroatoms. The predicted octanol–water partition coefficient (Wildman–Crippen LogP) is 1.99. The molecule has 1 amide bonds. The molecule has 1 aromatic carbocycles. The van der Waals surface area contributed by atoms with Crippen LogP contribution in [0, 0.1) is 6.92 Å². The van der Waals surface area contributed by atoms with Crippen LogP contribution in [0.5, 0.6) is 0 Å². The van der Waals surface area contributed by atoms with Crippen molar-refractivity contribution in [1.29, 1.82) is 0 Å². The van der Waals surface area contributed by atoms with Crippen LogP contribution in [-0.2, 0) is 4.74 Å². The minimum Gasteiger partial charge on any atom is -0.421 e. The van der Waals surface area contributed by atoms with Gasteiger partial charge in [-0.25, -0.2) is 4.98 Å². The fraction of sp³-hybridized carbons (Fsp3) is 0.350. The summed E-state index contributed by atoms with van der Waals surface area (Å²) in [5.74, 6) is 1.82. The quantitative estimate of drug-likeness (QED) is 0.611. The van der Waals surface area contributed by atoms with E-state index in [9.17, 15) is 4.79 Å². The molecule has 0 radical (unpaired) electrons. The lowest BCUT2D eigenvalue weighted by atomic mass is 10.1. The fourth-order valence-electron chi connectivity index (χ4n) is 3.23. The third kappa shape index (κ3) is 3.94. The lowest BCUT2D eigenvalue weighted by Crippen LogP contribution is -2.33. The molecule has 0 aliphatic carbocycles. The molecule has 0 fully saturated rings. The highest BCUT2D eigenvalue weighted by molar-refractivity contribution is 6.09. The Labute approximate surface area is 173 Å². The summed E-state index contributed by atoms with van der Waals surface area (Å²) in [5.41, 5.74) is 1.95. The number of nitrogens with zero attached hydrogens (tertiary/aromatic N) is 6. The smallest absolute Gasteiger partial charge is 0.263 e. The minimum absolute atomic E-state index is 0.156. The van der Waals surface area contributed by atoms with E-state index in [0.29, 0.717) is 55.4 Å². The van der Waals surface area contributed by atoms with E-state index in [-0.39, 0.29) is 5.91 Å². The van der Waals surface area contributed by atoms with Crippen molar-refractivity contribution >= 4 is 23.4 Å². The van der Waals surface area contributed by atoms with Crippen LogP contribution >= 0.6 is 0 Å². The van der Waals surface area contributed by atoms with Gasteiger partial charge in [0.25, 0.3) is 5.91 Å². The molecule has 3 aromatic rings. The molecule has 0 unspecified atom stereocenters. The van der Waals surface area contributed by atoms with Gasteiger partial charge in [-0.05, 0) is 18.2 Å². The van der Waals surface area contributed by atoms with Gasteiger partial charge >= 0.3 is 0 Å². The molecular formula is C20H23N7O3. The average molecular weight is 409 g/mol. The van der Waals surface area contributed by atoms with Crippen LogP contribution in [0.4, 0.5) is 17.5 Å². The van der Waals surface area contributed by atoms with Gasteiger partial charge in [-0.3, -0.25) is 4.79 Å². The van der Waals surface area contributed by atoms with Crippen LogP contribution in [0.2, 0.25) is 0 Å². The van der Waals surface area contributed by atoms with Gasteiger partial charge in [-0.1, -0.05) is 6.07 Å². The Morgan fingerprint density at radius 1 is 1.27 bits per heavy atom. The normalized spacial score (nSPS) is 13.9. The van der Waals surface area contributed by atoms with Crippen molar-refractivity contribution in [2.75, 3.05) is 55.5 Å². The molecule has 0 saturated carbocycles. The van der Waals surface area contributed by atoms with Gasteiger partial charge in [0.05, 0.1) is 6.61 Å². The molecule has 1 aliphatic rings. The van der Waals surface area contributed by atoms with Crippen LogP contribution in [-0.4, -0.2) is 66.5 Å². The van der Waals surface area contributed by atoms with Crippen molar-refractivity contribution in [3.63, 3.8) is 0 Å². The van der Waals surface area contributed by atoms with Gasteiger partial charge in [0, 0.05) is 58.2 Å². The first kappa shape index (κ1) is 19.8. The van der Waals surface area contributed by atoms with Gasteiger partial charge in [-0.15, -0.1) is 10.2 Å². The SMILES string of the molecule is COCCNc1ncc2c(n1)N(C)CCN(c1cccc(-c3nnc(C)o3)c1)C2=O. The zero-order valence-corrected chi connectivity index (χ0v) is 17.1. The standard InChI is InChI=1S/C20H23N7O3/c1-13-24-25-18(30-13)14-5-4-6-15(11-14)27-9-8-26(2)17-16(19(27)28)12-22-20(23-17)21-7-10-29-3/h4-6,11-12H,7-10H2,1-3H3,(H,21,22,23). The van der Waals surface area contributed by atoms with Crippen LogP contribution in [0.25, 0.3) is 11.5 Å². The lowest BCUT2D eigenvalue weighted by Gasteiger charge is -2.21. The molecule has 0 atom stereocenters. The van der Waals surface area contributed by atoms with E-state index in [1.54, 1.807) is 25.1 Å². The number of rotatable bonds is 6. The van der Waals surface area contributed by atoms with Gasteiger partial charge in [0.15, 0.2) is 0 Å². The van der Waals surface area contributed by atoms with Crippen molar-refractivity contribution in [3.8, 4) is 11.5 Å². The second-order valence-electron chi connectivity index (χ2n) is 6.91. The lowest BCUT2D eigenvalue weighted by molar-refractivity contribution is 0.0989. The number of carbonyl (C=O) groups excluding carboxylic acids is 1. The molecule has 3 heterocycles. The Kier molecular flexibility index (Phi) is 5.57. The number of hydrogen-bond acceptors (Lipinski definition) is 9. The number of anilines is 3. The van der Waals surface area contributed by atoms with Gasteiger partial charge in [0.1, 0.15) is 11.4 Å². The number of aromatic nitrogens is 4. The van der Waals surface area contributed by atoms with Crippen molar-refractivity contribution in [1.82, 2.24) is 20.2 Å². The highest BCUT2D eigenvalue weighted by Crippen LogP contribution is 2.29. The van der Waals surface area contributed by atoms with Crippen LogP contribution in [0.1, 0.15) is 16.2 Å². The number of nitrogens with one attached hydrogen (secondary N) is 1. The topological polar surface area (TPSA) is 110 Å². The summed E-state index contributed by atoms with van der Waals surface area (Å²) in [6.45, 7) is 3.99. The second-order valence-corrected chi connectivity index (χ2v) is 6.91. The van der Waals surface area contributed by atoms with E-state index in [1.807, 2.05) is 36.2 Å². The molecule has 10 nitrogen and oxygen atoms in total. The number of methoxy groups -OCH3 is 1. The highest BCUT2D eigenvalue weighted by Gasteiger charge is 2.28. The van der Waals surface area contributed by atoms with Crippen LogP contribution < -0.4 is 15.1 Å². The molecule has 0 spiro atoms. The van der Waals surface area contributed by atoms with E-state index in [2.05, 4.69) is 25.5 Å². The van der Waals surface area contributed by atoms with Crippen molar-refractivity contribution in [2.24, 2.45) is 0 Å². The second kappa shape index (κ2) is 8.46. The predicted molar refractivity (Wildman–Crippen MR) is 112 cm³/mol. The number of fused-ring (bicyclic) bond motifs is 1. The third-order valence-corrected chi connectivity index (χ3v) is 4.78. The number of aryl methyl sites for hydroxylation is 1. The molecule has 0 saturated heterocycles. The monoisotopic (exact) mass is 409 g/mol. The Hall–Kier alpha value is -3.53. The molecular weight excluding hydrogens is 386 g/mol. The average Bonchev–Trinajstić information content (AvgIpc) is 3.15. The first-order valence-corrected chi connectivity index (χ1v) is 9.60. The van der Waals surface area contributed by atoms with E-state index in [4.69, 9.17) is 9.15 Å². The molecule has 2 aromatic heterocycles. The number of ether oxygens (including phenoxy) is 1. The Bertz CT molecular complexity index is 1050. The maximum Gasteiger partial charge on any atom is 0.263 e. The summed E-state index contributed by atoms with van der Waals surface area (Å²) in [4.78, 5) is 25.9. The number of hydrogen-bond donors (Lipinski definition) is 1. The van der Waals surface area contributed by atoms with Crippen molar-refractivity contribution in [2.45, 2.75) is 6.92 Å².